The maximum atomic E-state index is 5.46. The summed E-state index contributed by atoms with van der Waals surface area (Å²) < 4.78 is 7.62. The predicted molar refractivity (Wildman–Crippen MR) is 74.0 cm³/mol. The molecule has 0 bridgehead atoms. The van der Waals surface area contributed by atoms with Gasteiger partial charge in [0, 0.05) is 19.5 Å². The van der Waals surface area contributed by atoms with Gasteiger partial charge in [-0.1, -0.05) is 0 Å². The van der Waals surface area contributed by atoms with Crippen molar-refractivity contribution in [3.63, 3.8) is 0 Å². The van der Waals surface area contributed by atoms with Gasteiger partial charge < -0.3 is 4.74 Å². The molecule has 0 amide bonds. The van der Waals surface area contributed by atoms with Crippen LogP contribution in [0, 0.1) is 7.14 Å². The lowest BCUT2D eigenvalue weighted by Crippen LogP contribution is -1.91. The summed E-state index contributed by atoms with van der Waals surface area (Å²) in [6.07, 6.45) is 3.44. The van der Waals surface area contributed by atoms with Crippen LogP contribution in [0.2, 0.25) is 0 Å². The Labute approximate surface area is 115 Å². The van der Waals surface area contributed by atoms with Crippen molar-refractivity contribution in [2.75, 3.05) is 0 Å². The molecule has 0 spiro atoms. The highest BCUT2D eigenvalue weighted by Crippen LogP contribution is 2.18. The zero-order valence-corrected chi connectivity index (χ0v) is 11.8. The number of hydrogen-bond donors (Lipinski definition) is 0. The van der Waals surface area contributed by atoms with Crippen molar-refractivity contribution in [2.24, 2.45) is 0 Å². The van der Waals surface area contributed by atoms with Gasteiger partial charge in [-0.15, -0.1) is 0 Å². The molecule has 0 saturated carbocycles. The fourth-order valence-electron chi connectivity index (χ4n) is 0.961. The predicted octanol–water partition coefficient (Wildman–Crippen LogP) is 3.48. The Balaban J connectivity index is 2.15. The van der Waals surface area contributed by atoms with Crippen LogP contribution >= 0.6 is 45.2 Å². The van der Waals surface area contributed by atoms with Crippen LogP contribution in [0.25, 0.3) is 0 Å². The van der Waals surface area contributed by atoms with Gasteiger partial charge in [-0.2, -0.15) is 0 Å². The number of benzene rings is 1. The van der Waals surface area contributed by atoms with Crippen molar-refractivity contribution >= 4 is 45.2 Å². The molecule has 76 valence electrons. The molecule has 0 aliphatic heterocycles. The second kappa shape index (κ2) is 5.06. The molecule has 3 nitrogen and oxygen atoms in total. The van der Waals surface area contributed by atoms with Crippen LogP contribution in [-0.2, 0) is 0 Å². The van der Waals surface area contributed by atoms with Gasteiger partial charge in [-0.3, -0.25) is 0 Å². The molecule has 5 heteroatoms. The van der Waals surface area contributed by atoms with E-state index in [0.29, 0.717) is 6.01 Å². The fourth-order valence-corrected chi connectivity index (χ4v) is 1.60. The first kappa shape index (κ1) is 11.1. The van der Waals surface area contributed by atoms with Crippen LogP contribution in [0.15, 0.2) is 36.7 Å². The Morgan fingerprint density at radius 3 is 2.07 bits per heavy atom. The number of halogens is 2. The topological polar surface area (TPSA) is 35.0 Å². The van der Waals surface area contributed by atoms with Gasteiger partial charge in [-0.05, 0) is 69.4 Å². The van der Waals surface area contributed by atoms with Gasteiger partial charge in [-0.25, -0.2) is 9.97 Å². The van der Waals surface area contributed by atoms with Crippen molar-refractivity contribution in [3.05, 3.63) is 43.8 Å². The minimum atomic E-state index is 0.372. The van der Waals surface area contributed by atoms with E-state index in [9.17, 15) is 0 Å². The van der Waals surface area contributed by atoms with E-state index >= 15 is 0 Å². The normalized spacial score (nSPS) is 10.0. The van der Waals surface area contributed by atoms with Crippen molar-refractivity contribution in [1.82, 2.24) is 9.97 Å². The lowest BCUT2D eigenvalue weighted by molar-refractivity contribution is 0.441. The SMILES string of the molecule is Ic1ccc(Oc2ncc(I)cn2)cc1. The molecule has 0 aliphatic carbocycles. The van der Waals surface area contributed by atoms with Crippen molar-refractivity contribution in [3.8, 4) is 11.8 Å². The van der Waals surface area contributed by atoms with Crippen LogP contribution in [0.4, 0.5) is 0 Å². The molecule has 0 fully saturated rings. The van der Waals surface area contributed by atoms with Crippen LogP contribution in [0.5, 0.6) is 11.8 Å². The van der Waals surface area contributed by atoms with E-state index in [2.05, 4.69) is 55.1 Å². The summed E-state index contributed by atoms with van der Waals surface area (Å²) in [5.41, 5.74) is 0. The largest absolute Gasteiger partial charge is 0.424 e. The molecule has 0 saturated heterocycles. The number of nitrogens with zero attached hydrogens (tertiary/aromatic N) is 2. The van der Waals surface area contributed by atoms with E-state index in [1.54, 1.807) is 12.4 Å². The van der Waals surface area contributed by atoms with E-state index < -0.39 is 0 Å². The molecular weight excluding hydrogens is 418 g/mol. The molecule has 0 atom stereocenters. The van der Waals surface area contributed by atoms with Crippen molar-refractivity contribution < 1.29 is 4.74 Å². The first-order chi connectivity index (χ1) is 7.24. The Morgan fingerprint density at radius 1 is 0.867 bits per heavy atom. The quantitative estimate of drug-likeness (QED) is 0.693. The fraction of sp³-hybridized carbons (Fsp3) is 0. The molecule has 0 radical (unpaired) electrons. The number of ether oxygens (including phenoxy) is 1. The summed E-state index contributed by atoms with van der Waals surface area (Å²) in [6.45, 7) is 0. The Kier molecular flexibility index (Phi) is 3.73. The smallest absolute Gasteiger partial charge is 0.321 e. The van der Waals surface area contributed by atoms with Crippen LogP contribution in [-0.4, -0.2) is 9.97 Å². The minimum Gasteiger partial charge on any atom is -0.424 e. The van der Waals surface area contributed by atoms with E-state index in [1.807, 2.05) is 24.3 Å². The third-order valence-electron chi connectivity index (χ3n) is 1.62. The Bertz CT molecular complexity index is 398. The maximum Gasteiger partial charge on any atom is 0.321 e. The number of hydrogen-bond acceptors (Lipinski definition) is 3. The minimum absolute atomic E-state index is 0.372. The molecule has 0 aliphatic rings. The first-order valence-electron chi connectivity index (χ1n) is 4.15. The third kappa shape index (κ3) is 3.26. The van der Waals surface area contributed by atoms with Gasteiger partial charge in [0.05, 0.1) is 0 Å². The first-order valence-corrected chi connectivity index (χ1v) is 6.31. The van der Waals surface area contributed by atoms with E-state index in [-0.39, 0.29) is 0 Å². The average molecular weight is 424 g/mol. The number of aromatic nitrogens is 2. The zero-order chi connectivity index (χ0) is 10.7. The average Bonchev–Trinajstić information content (AvgIpc) is 2.25. The highest BCUT2D eigenvalue weighted by molar-refractivity contribution is 14.1. The number of rotatable bonds is 2. The second-order valence-electron chi connectivity index (χ2n) is 2.74. The summed E-state index contributed by atoms with van der Waals surface area (Å²) in [6, 6.07) is 8.11. The standard InChI is InChI=1S/C10H6I2N2O/c11-7-1-3-9(4-2-7)15-10-13-5-8(12)6-14-10/h1-6H. The van der Waals surface area contributed by atoms with E-state index in [1.165, 1.54) is 3.57 Å². The highest BCUT2D eigenvalue weighted by atomic mass is 127. The van der Waals surface area contributed by atoms with E-state index in [4.69, 9.17) is 4.74 Å². The van der Waals surface area contributed by atoms with Crippen LogP contribution in [0.1, 0.15) is 0 Å². The summed E-state index contributed by atoms with van der Waals surface area (Å²) in [7, 11) is 0. The van der Waals surface area contributed by atoms with E-state index in [0.717, 1.165) is 9.32 Å². The monoisotopic (exact) mass is 424 g/mol. The van der Waals surface area contributed by atoms with Crippen molar-refractivity contribution in [1.29, 1.82) is 0 Å². The Hall–Kier alpha value is -0.440. The maximum absolute atomic E-state index is 5.46. The summed E-state index contributed by atoms with van der Waals surface area (Å²) in [4.78, 5) is 8.11. The van der Waals surface area contributed by atoms with Gasteiger partial charge in [0.2, 0.25) is 0 Å². The van der Waals surface area contributed by atoms with Gasteiger partial charge in [0.15, 0.2) is 0 Å². The highest BCUT2D eigenvalue weighted by Gasteiger charge is 1.99. The summed E-state index contributed by atoms with van der Waals surface area (Å²) >= 11 is 4.39. The third-order valence-corrected chi connectivity index (χ3v) is 2.90. The van der Waals surface area contributed by atoms with Gasteiger partial charge >= 0.3 is 6.01 Å². The molecule has 1 aromatic heterocycles. The van der Waals surface area contributed by atoms with Crippen LogP contribution in [0.3, 0.4) is 0 Å². The van der Waals surface area contributed by atoms with Crippen molar-refractivity contribution in [2.45, 2.75) is 0 Å². The summed E-state index contributed by atoms with van der Waals surface area (Å²) in [5.74, 6) is 0.747. The molecule has 2 rings (SSSR count). The van der Waals surface area contributed by atoms with Crippen LogP contribution < -0.4 is 4.74 Å². The lowest BCUT2D eigenvalue weighted by atomic mass is 10.3. The molecule has 0 N–H and O–H groups in total. The van der Waals surface area contributed by atoms with Gasteiger partial charge in [0.1, 0.15) is 5.75 Å². The molecule has 1 heterocycles. The zero-order valence-electron chi connectivity index (χ0n) is 7.52. The molecule has 2 aromatic rings. The molecular formula is C10H6I2N2O. The second-order valence-corrected chi connectivity index (χ2v) is 5.23. The molecule has 15 heavy (non-hydrogen) atoms. The molecule has 0 unspecified atom stereocenters. The summed E-state index contributed by atoms with van der Waals surface area (Å²) in [5, 5.41) is 0. The van der Waals surface area contributed by atoms with Gasteiger partial charge in [0.25, 0.3) is 0 Å². The Morgan fingerprint density at radius 2 is 1.47 bits per heavy atom. The molecule has 1 aromatic carbocycles. The lowest BCUT2D eigenvalue weighted by Gasteiger charge is -2.02.